The lowest BCUT2D eigenvalue weighted by atomic mass is 9.82. The molecule has 1 atom stereocenters. The topological polar surface area (TPSA) is 29.9 Å². The molecule has 4 rings (SSSR count). The molecule has 104 valence electrons. The molecule has 0 radical (unpaired) electrons. The Morgan fingerprint density at radius 1 is 0.947 bits per heavy atom. The van der Waals surface area contributed by atoms with Gasteiger partial charge in [-0.3, -0.25) is 0 Å². The van der Waals surface area contributed by atoms with Crippen LogP contribution in [0.2, 0.25) is 0 Å². The van der Waals surface area contributed by atoms with Gasteiger partial charge in [0.2, 0.25) is 5.95 Å². The van der Waals surface area contributed by atoms with Gasteiger partial charge in [-0.05, 0) is 50.9 Å². The first-order chi connectivity index (χ1) is 9.43. The summed E-state index contributed by atoms with van der Waals surface area (Å²) in [5, 5.41) is 3.54. The Labute approximate surface area is 115 Å². The van der Waals surface area contributed by atoms with E-state index in [0.717, 1.165) is 18.5 Å². The molecule has 0 saturated heterocycles. The van der Waals surface area contributed by atoms with Crippen molar-refractivity contribution in [2.24, 2.45) is 5.92 Å². The standard InChI is InChI=1S/C16H25N3/c1-2-6-12(7-3-1)14-10-11-17-16-18-13-8-4-5-9-15(13)19(14)16/h12,14H,1-11H2,(H,17,18). The van der Waals surface area contributed by atoms with E-state index in [1.165, 1.54) is 75.9 Å². The molecule has 1 aliphatic heterocycles. The lowest BCUT2D eigenvalue weighted by molar-refractivity contribution is 0.232. The van der Waals surface area contributed by atoms with Crippen LogP contribution in [0.1, 0.15) is 68.8 Å². The van der Waals surface area contributed by atoms with Gasteiger partial charge in [-0.2, -0.15) is 0 Å². The summed E-state index contributed by atoms with van der Waals surface area (Å²) < 4.78 is 2.62. The summed E-state index contributed by atoms with van der Waals surface area (Å²) in [5.41, 5.74) is 2.97. The summed E-state index contributed by atoms with van der Waals surface area (Å²) in [6, 6.07) is 0.742. The fourth-order valence-electron chi connectivity index (χ4n) is 4.47. The summed E-state index contributed by atoms with van der Waals surface area (Å²) >= 11 is 0. The van der Waals surface area contributed by atoms with Crippen LogP contribution < -0.4 is 5.32 Å². The van der Waals surface area contributed by atoms with Crippen LogP contribution in [-0.2, 0) is 12.8 Å². The molecule has 2 aliphatic carbocycles. The van der Waals surface area contributed by atoms with E-state index in [1.807, 2.05) is 0 Å². The highest BCUT2D eigenvalue weighted by atomic mass is 15.3. The van der Waals surface area contributed by atoms with Crippen molar-refractivity contribution >= 4 is 5.95 Å². The molecule has 1 unspecified atom stereocenters. The van der Waals surface area contributed by atoms with Crippen molar-refractivity contribution in [3.8, 4) is 0 Å². The minimum absolute atomic E-state index is 0.742. The molecule has 1 fully saturated rings. The average molecular weight is 259 g/mol. The molecule has 2 heterocycles. The van der Waals surface area contributed by atoms with E-state index in [0.29, 0.717) is 0 Å². The molecule has 1 aromatic rings. The predicted molar refractivity (Wildman–Crippen MR) is 77.6 cm³/mol. The van der Waals surface area contributed by atoms with Crippen LogP contribution in [0.5, 0.6) is 0 Å². The maximum Gasteiger partial charge on any atom is 0.203 e. The molecule has 3 heteroatoms. The molecule has 0 amide bonds. The lowest BCUT2D eigenvalue weighted by Gasteiger charge is -2.36. The first-order valence-corrected chi connectivity index (χ1v) is 8.27. The number of hydrogen-bond acceptors (Lipinski definition) is 2. The fraction of sp³-hybridized carbons (Fsp3) is 0.812. The van der Waals surface area contributed by atoms with Gasteiger partial charge in [0.25, 0.3) is 0 Å². The van der Waals surface area contributed by atoms with Crippen molar-refractivity contribution in [2.45, 2.75) is 70.3 Å². The van der Waals surface area contributed by atoms with E-state index >= 15 is 0 Å². The highest BCUT2D eigenvalue weighted by molar-refractivity contribution is 5.38. The van der Waals surface area contributed by atoms with E-state index in [-0.39, 0.29) is 0 Å². The summed E-state index contributed by atoms with van der Waals surface area (Å²) in [5.74, 6) is 2.10. The zero-order valence-corrected chi connectivity index (χ0v) is 11.8. The molecule has 1 N–H and O–H groups in total. The van der Waals surface area contributed by atoms with Crippen LogP contribution in [0.3, 0.4) is 0 Å². The van der Waals surface area contributed by atoms with Gasteiger partial charge in [-0.1, -0.05) is 19.3 Å². The molecule has 0 spiro atoms. The lowest BCUT2D eigenvalue weighted by Crippen LogP contribution is -2.31. The van der Waals surface area contributed by atoms with Gasteiger partial charge in [-0.25, -0.2) is 4.98 Å². The van der Waals surface area contributed by atoms with Gasteiger partial charge < -0.3 is 9.88 Å². The number of imidazole rings is 1. The second-order valence-corrected chi connectivity index (χ2v) is 6.59. The second kappa shape index (κ2) is 4.84. The van der Waals surface area contributed by atoms with E-state index in [4.69, 9.17) is 4.98 Å². The number of nitrogens with zero attached hydrogens (tertiary/aromatic N) is 2. The largest absolute Gasteiger partial charge is 0.356 e. The highest BCUT2D eigenvalue weighted by Crippen LogP contribution is 2.40. The molecule has 19 heavy (non-hydrogen) atoms. The normalized spacial score (nSPS) is 27.5. The second-order valence-electron chi connectivity index (χ2n) is 6.59. The summed E-state index contributed by atoms with van der Waals surface area (Å²) in [6.45, 7) is 1.12. The third kappa shape index (κ3) is 1.98. The molecular formula is C16H25N3. The Morgan fingerprint density at radius 3 is 2.68 bits per heavy atom. The van der Waals surface area contributed by atoms with Gasteiger partial charge >= 0.3 is 0 Å². The number of nitrogens with one attached hydrogen (secondary N) is 1. The van der Waals surface area contributed by atoms with E-state index < -0.39 is 0 Å². The van der Waals surface area contributed by atoms with Crippen LogP contribution >= 0.6 is 0 Å². The van der Waals surface area contributed by atoms with Crippen molar-refractivity contribution in [1.29, 1.82) is 0 Å². The van der Waals surface area contributed by atoms with E-state index in [2.05, 4.69) is 9.88 Å². The smallest absolute Gasteiger partial charge is 0.203 e. The summed E-state index contributed by atoms with van der Waals surface area (Å²) in [7, 11) is 0. The third-order valence-electron chi connectivity index (χ3n) is 5.42. The molecule has 3 aliphatic rings. The molecular weight excluding hydrogens is 234 g/mol. The number of fused-ring (bicyclic) bond motifs is 3. The molecule has 0 bridgehead atoms. The number of aryl methyl sites for hydroxylation is 1. The summed E-state index contributed by atoms with van der Waals surface area (Å²) in [6.07, 6.45) is 13.7. The van der Waals surface area contributed by atoms with Crippen molar-refractivity contribution in [1.82, 2.24) is 9.55 Å². The van der Waals surface area contributed by atoms with Crippen LogP contribution in [0.4, 0.5) is 5.95 Å². The van der Waals surface area contributed by atoms with Gasteiger partial charge in [0, 0.05) is 18.3 Å². The quantitative estimate of drug-likeness (QED) is 0.833. The third-order valence-corrected chi connectivity index (χ3v) is 5.42. The van der Waals surface area contributed by atoms with Gasteiger partial charge in [0.1, 0.15) is 0 Å². The molecule has 0 aromatic carbocycles. The van der Waals surface area contributed by atoms with Crippen LogP contribution in [0.15, 0.2) is 0 Å². The first-order valence-electron chi connectivity index (χ1n) is 8.27. The Morgan fingerprint density at radius 2 is 1.79 bits per heavy atom. The Kier molecular flexibility index (Phi) is 3.01. The van der Waals surface area contributed by atoms with E-state index in [9.17, 15) is 0 Å². The maximum absolute atomic E-state index is 4.89. The number of aromatic nitrogens is 2. The first kappa shape index (κ1) is 11.8. The number of anilines is 1. The highest BCUT2D eigenvalue weighted by Gasteiger charge is 2.32. The molecule has 3 nitrogen and oxygen atoms in total. The molecule has 1 aromatic heterocycles. The van der Waals surface area contributed by atoms with Gasteiger partial charge in [-0.15, -0.1) is 0 Å². The number of hydrogen-bond donors (Lipinski definition) is 1. The van der Waals surface area contributed by atoms with Crippen molar-refractivity contribution in [3.63, 3.8) is 0 Å². The van der Waals surface area contributed by atoms with Gasteiger partial charge in [0.05, 0.1) is 5.69 Å². The zero-order valence-electron chi connectivity index (χ0n) is 11.8. The minimum atomic E-state index is 0.742. The number of rotatable bonds is 1. The fourth-order valence-corrected chi connectivity index (χ4v) is 4.47. The predicted octanol–water partition coefficient (Wildman–Crippen LogP) is 3.70. The Hall–Kier alpha value is -0.990. The van der Waals surface area contributed by atoms with Gasteiger partial charge in [0.15, 0.2) is 0 Å². The van der Waals surface area contributed by atoms with Crippen LogP contribution in [-0.4, -0.2) is 16.1 Å². The van der Waals surface area contributed by atoms with Crippen molar-refractivity contribution < 1.29 is 0 Å². The monoisotopic (exact) mass is 259 g/mol. The van der Waals surface area contributed by atoms with E-state index in [1.54, 1.807) is 5.69 Å². The maximum atomic E-state index is 4.89. The van der Waals surface area contributed by atoms with Crippen molar-refractivity contribution in [2.75, 3.05) is 11.9 Å². The SMILES string of the molecule is C1CCC(C2CCNc3nc4c(n32)CCCC4)CC1. The van der Waals surface area contributed by atoms with Crippen LogP contribution in [0, 0.1) is 5.92 Å². The average Bonchev–Trinajstić information content (AvgIpc) is 2.86. The minimum Gasteiger partial charge on any atom is -0.356 e. The van der Waals surface area contributed by atoms with Crippen molar-refractivity contribution in [3.05, 3.63) is 11.4 Å². The summed E-state index contributed by atoms with van der Waals surface area (Å²) in [4.78, 5) is 4.89. The Balaban J connectivity index is 1.70. The zero-order chi connectivity index (χ0) is 12.7. The Bertz CT molecular complexity index is 457. The van der Waals surface area contributed by atoms with Crippen LogP contribution in [0.25, 0.3) is 0 Å². The molecule has 1 saturated carbocycles.